The van der Waals surface area contributed by atoms with Gasteiger partial charge >= 0.3 is 0 Å². The molecular formula is C15H21N5O2S2. The predicted molar refractivity (Wildman–Crippen MR) is 91.5 cm³/mol. The number of rotatable bonds is 3. The fourth-order valence-electron chi connectivity index (χ4n) is 3.45. The Morgan fingerprint density at radius 2 is 2.00 bits per heavy atom. The topological polar surface area (TPSA) is 80.1 Å². The number of fused-ring (bicyclic) bond motifs is 1. The van der Waals surface area contributed by atoms with Crippen molar-refractivity contribution in [2.24, 2.45) is 0 Å². The van der Waals surface area contributed by atoms with Crippen LogP contribution in [0, 0.1) is 6.92 Å². The molecule has 0 saturated carbocycles. The third-order valence-corrected chi connectivity index (χ3v) is 8.15. The van der Waals surface area contributed by atoms with E-state index in [1.54, 1.807) is 10.4 Å². The maximum absolute atomic E-state index is 12.7. The molecule has 1 fully saturated rings. The molecule has 0 aliphatic carbocycles. The Bertz CT molecular complexity index is 834. The zero-order chi connectivity index (χ0) is 16.7. The van der Waals surface area contributed by atoms with Crippen LogP contribution < -0.4 is 5.32 Å². The first-order valence-electron chi connectivity index (χ1n) is 8.25. The van der Waals surface area contributed by atoms with E-state index in [2.05, 4.69) is 20.1 Å². The summed E-state index contributed by atoms with van der Waals surface area (Å²) in [6.45, 7) is 5.61. The second-order valence-corrected chi connectivity index (χ2v) is 9.80. The highest BCUT2D eigenvalue weighted by atomic mass is 32.2. The molecule has 4 rings (SSSR count). The van der Waals surface area contributed by atoms with Gasteiger partial charge in [0.25, 0.3) is 10.0 Å². The molecule has 1 saturated heterocycles. The van der Waals surface area contributed by atoms with Gasteiger partial charge in [-0.3, -0.25) is 0 Å². The fraction of sp³-hybridized carbons (Fsp3) is 0.600. The molecule has 4 heterocycles. The van der Waals surface area contributed by atoms with Crippen LogP contribution in [0.2, 0.25) is 0 Å². The lowest BCUT2D eigenvalue weighted by Crippen LogP contribution is -2.38. The van der Waals surface area contributed by atoms with Crippen molar-refractivity contribution in [3.63, 3.8) is 0 Å². The summed E-state index contributed by atoms with van der Waals surface area (Å²) in [6, 6.07) is 3.57. The Morgan fingerprint density at radius 1 is 1.21 bits per heavy atom. The van der Waals surface area contributed by atoms with Gasteiger partial charge in [-0.1, -0.05) is 0 Å². The third-order valence-electron chi connectivity index (χ3n) is 4.78. The van der Waals surface area contributed by atoms with Crippen molar-refractivity contribution in [2.75, 3.05) is 19.6 Å². The average Bonchev–Trinajstić information content (AvgIpc) is 3.21. The van der Waals surface area contributed by atoms with Gasteiger partial charge in [0.05, 0.1) is 6.54 Å². The molecule has 0 amide bonds. The quantitative estimate of drug-likeness (QED) is 0.885. The number of nitrogens with one attached hydrogen (secondary N) is 1. The predicted octanol–water partition coefficient (Wildman–Crippen LogP) is 1.32. The molecule has 24 heavy (non-hydrogen) atoms. The number of piperidine rings is 1. The van der Waals surface area contributed by atoms with Gasteiger partial charge in [-0.15, -0.1) is 21.5 Å². The lowest BCUT2D eigenvalue weighted by atomic mass is 9.97. The summed E-state index contributed by atoms with van der Waals surface area (Å²) in [7, 11) is -3.35. The van der Waals surface area contributed by atoms with Crippen molar-refractivity contribution in [3.8, 4) is 0 Å². The van der Waals surface area contributed by atoms with E-state index < -0.39 is 10.0 Å². The minimum absolute atomic E-state index is 0.292. The highest BCUT2D eigenvalue weighted by Gasteiger charge is 2.33. The molecule has 1 N–H and O–H groups in total. The normalized spacial score (nSPS) is 20.2. The zero-order valence-corrected chi connectivity index (χ0v) is 15.2. The molecule has 0 aromatic carbocycles. The number of sulfonamides is 1. The molecule has 2 aliphatic heterocycles. The molecule has 0 spiro atoms. The van der Waals surface area contributed by atoms with Crippen LogP contribution in [-0.2, 0) is 23.1 Å². The Balaban J connectivity index is 1.48. The fourth-order valence-corrected chi connectivity index (χ4v) is 6.36. The van der Waals surface area contributed by atoms with Gasteiger partial charge in [-0.25, -0.2) is 8.42 Å². The number of aryl methyl sites for hydroxylation is 1. The second kappa shape index (κ2) is 6.21. The number of nitrogens with zero attached hydrogens (tertiary/aromatic N) is 4. The molecular weight excluding hydrogens is 346 g/mol. The van der Waals surface area contributed by atoms with E-state index in [0.717, 1.165) is 49.0 Å². The number of aromatic nitrogens is 3. The van der Waals surface area contributed by atoms with Crippen molar-refractivity contribution in [3.05, 3.63) is 28.7 Å². The summed E-state index contributed by atoms with van der Waals surface area (Å²) in [5.74, 6) is 2.30. The second-order valence-electron chi connectivity index (χ2n) is 6.35. The Hall–Kier alpha value is -1.29. The largest absolute Gasteiger partial charge is 0.312 e. The van der Waals surface area contributed by atoms with Gasteiger partial charge in [0.15, 0.2) is 0 Å². The standard InChI is InChI=1S/C15H21N5O2S2/c1-11-2-3-14(23-11)24(21,22)19-7-4-12(5-8-19)15-18-17-13-10-16-6-9-20(13)15/h2-3,12,16H,4-10H2,1H3. The molecule has 2 aliphatic rings. The van der Waals surface area contributed by atoms with Gasteiger partial charge in [-0.2, -0.15) is 4.31 Å². The molecule has 2 aromatic rings. The van der Waals surface area contributed by atoms with Gasteiger partial charge in [0, 0.05) is 37.0 Å². The maximum Gasteiger partial charge on any atom is 0.252 e. The molecule has 0 bridgehead atoms. The third kappa shape index (κ3) is 2.79. The average molecular weight is 368 g/mol. The van der Waals surface area contributed by atoms with Crippen molar-refractivity contribution in [2.45, 2.75) is 43.0 Å². The summed E-state index contributed by atoms with van der Waals surface area (Å²) in [4.78, 5) is 1.02. The molecule has 130 valence electrons. The van der Waals surface area contributed by atoms with E-state index in [4.69, 9.17) is 0 Å². The van der Waals surface area contributed by atoms with Crippen LogP contribution in [0.15, 0.2) is 16.3 Å². The van der Waals surface area contributed by atoms with Crippen LogP contribution in [-0.4, -0.2) is 47.1 Å². The van der Waals surface area contributed by atoms with Gasteiger partial charge in [-0.05, 0) is 31.9 Å². The van der Waals surface area contributed by atoms with Gasteiger partial charge in [0.2, 0.25) is 0 Å². The summed E-state index contributed by atoms with van der Waals surface area (Å²) >= 11 is 1.34. The number of hydrogen-bond donors (Lipinski definition) is 1. The van der Waals surface area contributed by atoms with E-state index in [1.807, 2.05) is 13.0 Å². The van der Waals surface area contributed by atoms with Crippen molar-refractivity contribution < 1.29 is 8.42 Å². The summed E-state index contributed by atoms with van der Waals surface area (Å²) < 4.78 is 29.7. The number of thiophene rings is 1. The van der Waals surface area contributed by atoms with Crippen molar-refractivity contribution >= 4 is 21.4 Å². The summed E-state index contributed by atoms with van der Waals surface area (Å²) in [5, 5.41) is 11.9. The van der Waals surface area contributed by atoms with Crippen LogP contribution in [0.5, 0.6) is 0 Å². The minimum Gasteiger partial charge on any atom is -0.312 e. The monoisotopic (exact) mass is 367 g/mol. The van der Waals surface area contributed by atoms with Crippen LogP contribution >= 0.6 is 11.3 Å². The molecule has 7 nitrogen and oxygen atoms in total. The van der Waals surface area contributed by atoms with E-state index in [1.165, 1.54) is 11.3 Å². The van der Waals surface area contributed by atoms with E-state index >= 15 is 0 Å². The highest BCUT2D eigenvalue weighted by molar-refractivity contribution is 7.91. The van der Waals surface area contributed by atoms with Crippen LogP contribution in [0.3, 0.4) is 0 Å². The van der Waals surface area contributed by atoms with Gasteiger partial charge in [0.1, 0.15) is 15.9 Å². The van der Waals surface area contributed by atoms with E-state index in [0.29, 0.717) is 23.2 Å². The molecule has 0 radical (unpaired) electrons. The van der Waals surface area contributed by atoms with Crippen molar-refractivity contribution in [1.82, 2.24) is 24.4 Å². The molecule has 9 heteroatoms. The smallest absolute Gasteiger partial charge is 0.252 e. The Morgan fingerprint density at radius 3 is 2.71 bits per heavy atom. The molecule has 0 atom stereocenters. The van der Waals surface area contributed by atoms with Crippen LogP contribution in [0.4, 0.5) is 0 Å². The SMILES string of the molecule is Cc1ccc(S(=O)(=O)N2CCC(c3nnc4n3CCNC4)CC2)s1. The highest BCUT2D eigenvalue weighted by Crippen LogP contribution is 2.32. The Labute approximate surface area is 145 Å². The van der Waals surface area contributed by atoms with E-state index in [9.17, 15) is 8.42 Å². The molecule has 0 unspecified atom stereocenters. The first kappa shape index (κ1) is 16.2. The van der Waals surface area contributed by atoms with Crippen LogP contribution in [0.25, 0.3) is 0 Å². The van der Waals surface area contributed by atoms with Crippen molar-refractivity contribution in [1.29, 1.82) is 0 Å². The van der Waals surface area contributed by atoms with E-state index in [-0.39, 0.29) is 0 Å². The van der Waals surface area contributed by atoms with Gasteiger partial charge < -0.3 is 9.88 Å². The minimum atomic E-state index is -3.35. The number of hydrogen-bond acceptors (Lipinski definition) is 6. The maximum atomic E-state index is 12.7. The first-order chi connectivity index (χ1) is 11.6. The summed E-state index contributed by atoms with van der Waals surface area (Å²) in [5.41, 5.74) is 0. The summed E-state index contributed by atoms with van der Waals surface area (Å²) in [6.07, 6.45) is 1.60. The lowest BCUT2D eigenvalue weighted by Gasteiger charge is -2.31. The first-order valence-corrected chi connectivity index (χ1v) is 10.5. The molecule has 2 aromatic heterocycles. The lowest BCUT2D eigenvalue weighted by molar-refractivity contribution is 0.307. The van der Waals surface area contributed by atoms with Crippen LogP contribution in [0.1, 0.15) is 35.3 Å². The Kier molecular flexibility index (Phi) is 4.19. The zero-order valence-electron chi connectivity index (χ0n) is 13.6.